The van der Waals surface area contributed by atoms with Gasteiger partial charge in [-0.25, -0.2) is 9.78 Å². The highest BCUT2D eigenvalue weighted by Crippen LogP contribution is 1.60. The van der Waals surface area contributed by atoms with E-state index in [0.29, 0.717) is 13.2 Å². The van der Waals surface area contributed by atoms with E-state index >= 15 is 0 Å². The van der Waals surface area contributed by atoms with Crippen molar-refractivity contribution in [3.05, 3.63) is 0 Å². The lowest BCUT2D eigenvalue weighted by Crippen LogP contribution is -2.34. The van der Waals surface area contributed by atoms with E-state index in [4.69, 9.17) is 62.2 Å². The van der Waals surface area contributed by atoms with Gasteiger partial charge in [0, 0.05) is 225 Å². The number of carbonyl (C=O) groups is 14. The van der Waals surface area contributed by atoms with Gasteiger partial charge in [0.2, 0.25) is 70.9 Å². The highest BCUT2D eigenvalue weighted by Gasteiger charge is 1.91. The summed E-state index contributed by atoms with van der Waals surface area (Å²) in [5.74, 6) is -2.41. The smallest absolute Gasteiger partial charge is 0.300 e. The standard InChI is InChI=1S/2C5H10N2O2.2C3H8N2O.6C3H7NO.2C2H6O2.2C2H4O2.4C2H6O.12C2H6.2CH5N.4CH4O/c2*1-4(8)6-3-7-5(2)9;2*1-3(6)5-2-4;6*1-3(5)4-2;2*1-2-4-3;2*1-2(3)4;4*1-3-2;18*1-2/h2*3H2,1-2H3,(H,6,8)(H,7,9);2*2,4H2,1H3,(H,5,6);6*1-2H3,(H,4,5);2*3H,2H2,1H3;2*1H3,(H,3,4);4*1-2H3;12*1-2H3;2*2H2,1H3;4*2H,1H3. The second-order valence-electron chi connectivity index (χ2n) is 13.5. The molecule has 0 aliphatic heterocycles. The monoisotopic (exact) mass is 1850 g/mol. The Labute approximate surface area is 762 Å². The van der Waals surface area contributed by atoms with E-state index in [2.05, 4.69) is 104 Å². The summed E-state index contributed by atoms with van der Waals surface area (Å²) in [7, 11) is 29.6. The third-order valence-corrected chi connectivity index (χ3v) is 4.42. The zero-order chi connectivity index (χ0) is 111. The Morgan fingerprint density at radius 1 is 0.226 bits per heavy atom. The molecule has 0 atom stereocenters. The van der Waals surface area contributed by atoms with Gasteiger partial charge in [-0.15, -0.1) is 0 Å². The first-order valence-corrected chi connectivity index (χ1v) is 39.8. The Morgan fingerprint density at radius 2 is 0.282 bits per heavy atom. The number of carboxylic acid groups (broad SMARTS) is 2. The van der Waals surface area contributed by atoms with Gasteiger partial charge < -0.3 is 136 Å². The van der Waals surface area contributed by atoms with E-state index in [-0.39, 0.29) is 97.6 Å². The maximum atomic E-state index is 10.2. The Balaban J connectivity index is -0.0000000191. The maximum Gasteiger partial charge on any atom is 0.300 e. The third-order valence-electron chi connectivity index (χ3n) is 4.42. The van der Waals surface area contributed by atoms with E-state index < -0.39 is 11.9 Å². The average molecular weight is 1850 g/mol. The number of hydrogen-bond acceptors (Lipinski definition) is 30. The van der Waals surface area contributed by atoms with Crippen LogP contribution in [0.25, 0.3) is 0 Å². The van der Waals surface area contributed by atoms with Gasteiger partial charge in [0.1, 0.15) is 0 Å². The van der Waals surface area contributed by atoms with Crippen LogP contribution in [0.3, 0.4) is 0 Å². The molecule has 0 fully saturated rings. The summed E-state index contributed by atoms with van der Waals surface area (Å²) < 4.78 is 17.0. The fraction of sp³-hybridized carbons (Fsp3) is 0.825. The third kappa shape index (κ3) is 2540. The molecule has 0 saturated carbocycles. The summed E-state index contributed by atoms with van der Waals surface area (Å²) in [4.78, 5) is 144. The maximum absolute atomic E-state index is 10.2. The minimum atomic E-state index is -0.833. The van der Waals surface area contributed by atoms with Crippen molar-refractivity contribution in [1.29, 1.82) is 0 Å². The van der Waals surface area contributed by atoms with Crippen LogP contribution >= 0.6 is 0 Å². The van der Waals surface area contributed by atoms with E-state index in [1.807, 2.05) is 166 Å². The van der Waals surface area contributed by atoms with Crippen LogP contribution in [0.15, 0.2) is 0 Å². The van der Waals surface area contributed by atoms with Gasteiger partial charge in [-0.1, -0.05) is 166 Å². The molecule has 0 aliphatic carbocycles. The van der Waals surface area contributed by atoms with Gasteiger partial charge in [-0.3, -0.25) is 77.6 Å². The lowest BCUT2D eigenvalue weighted by Gasteiger charge is -2.00. The molecule has 0 heterocycles. The topological polar surface area (TPSA) is 705 Å². The summed E-state index contributed by atoms with van der Waals surface area (Å²) in [5, 5.41) is 86.2. The summed E-state index contributed by atoms with van der Waals surface area (Å²) >= 11 is 0. The van der Waals surface area contributed by atoms with Crippen molar-refractivity contribution in [1.82, 2.24) is 63.8 Å². The number of hydrogen-bond donors (Lipinski definition) is 24. The van der Waals surface area contributed by atoms with Crippen molar-refractivity contribution in [3.63, 3.8) is 0 Å². The quantitative estimate of drug-likeness (QED) is 0.0651. The number of aliphatic carboxylic acids is 2. The first-order valence-electron chi connectivity index (χ1n) is 39.8. The van der Waals surface area contributed by atoms with Crippen molar-refractivity contribution in [2.45, 2.75) is 277 Å². The first-order chi connectivity index (χ1) is 58.4. The molecule has 0 aliphatic rings. The molecule has 788 valence electrons. The summed E-state index contributed by atoms with van der Waals surface area (Å²) in [6, 6.07) is 0. The Hall–Kier alpha value is -8.06. The summed E-state index contributed by atoms with van der Waals surface area (Å²) in [6.07, 6.45) is 0. The number of aliphatic hydroxyl groups is 4. The molecule has 12 amide bonds. The van der Waals surface area contributed by atoms with Crippen LogP contribution in [0.1, 0.15) is 277 Å². The number of methoxy groups -OCH3 is 4. The molecule has 44 nitrogen and oxygen atoms in total. The van der Waals surface area contributed by atoms with Crippen molar-refractivity contribution in [2.75, 3.05) is 182 Å². The van der Waals surface area contributed by atoms with E-state index in [9.17, 15) is 57.5 Å². The zero-order valence-electron chi connectivity index (χ0n) is 91.3. The number of ether oxygens (including phenoxy) is 4. The minimum Gasteiger partial charge on any atom is -0.481 e. The molecule has 0 rings (SSSR count). The molecule has 0 spiro atoms. The van der Waals surface area contributed by atoms with Crippen LogP contribution in [0, 0.1) is 0 Å². The number of amides is 12. The van der Waals surface area contributed by atoms with Crippen LogP contribution < -0.4 is 86.7 Å². The molecule has 0 radical (unpaired) electrons. The molecule has 0 aromatic rings. The normalized spacial score (nSPS) is 5.92. The van der Waals surface area contributed by atoms with E-state index in [1.54, 1.807) is 113 Å². The minimum absolute atomic E-state index is 0.00463. The lowest BCUT2D eigenvalue weighted by molar-refractivity contribution is -0.237. The van der Waals surface area contributed by atoms with Crippen LogP contribution in [0.4, 0.5) is 0 Å². The highest BCUT2D eigenvalue weighted by atomic mass is 17.1. The van der Waals surface area contributed by atoms with Gasteiger partial charge in [0.15, 0.2) is 0 Å². The molecule has 0 unspecified atom stereocenters. The largest absolute Gasteiger partial charge is 0.481 e. The zero-order valence-corrected chi connectivity index (χ0v) is 91.3. The van der Waals surface area contributed by atoms with Gasteiger partial charge >= 0.3 is 0 Å². The van der Waals surface area contributed by atoms with E-state index in [1.165, 1.54) is 97.2 Å². The van der Waals surface area contributed by atoms with E-state index in [0.717, 1.165) is 42.3 Å². The second kappa shape index (κ2) is 444. The molecule has 0 aromatic heterocycles. The number of aliphatic hydroxyl groups excluding tert-OH is 4. The summed E-state index contributed by atoms with van der Waals surface area (Å²) in [5.41, 5.74) is 18.8. The van der Waals surface area contributed by atoms with Crippen molar-refractivity contribution < 1.29 is 137 Å². The van der Waals surface area contributed by atoms with Gasteiger partial charge in [-0.2, -0.15) is 0 Å². The lowest BCUT2D eigenvalue weighted by atomic mass is 10.7. The molecule has 28 N–H and O–H groups in total. The van der Waals surface area contributed by atoms with Gasteiger partial charge in [-0.05, 0) is 27.9 Å². The van der Waals surface area contributed by atoms with Crippen LogP contribution in [-0.4, -0.2) is 306 Å². The van der Waals surface area contributed by atoms with Crippen molar-refractivity contribution in [3.8, 4) is 0 Å². The number of nitrogens with one attached hydrogen (secondary N) is 12. The highest BCUT2D eigenvalue weighted by molar-refractivity contribution is 5.77. The second-order valence-corrected chi connectivity index (χ2v) is 13.5. The molecule has 0 aromatic carbocycles. The molecule has 0 saturated heterocycles. The van der Waals surface area contributed by atoms with Crippen LogP contribution in [0.5, 0.6) is 0 Å². The fourth-order valence-electron chi connectivity index (χ4n) is 0.874. The Bertz CT molecular complexity index is 1340. The number of carboxylic acids is 2. The molecular weight excluding hydrogens is 1630 g/mol. The molecular formula is C80H220N16O28. The molecule has 124 heavy (non-hydrogen) atoms. The predicted octanol–water partition coefficient (Wildman–Crippen LogP) is 7.15. The fourth-order valence-corrected chi connectivity index (χ4v) is 0.874. The number of nitrogens with two attached hydrogens (primary N) is 4. The molecule has 0 bridgehead atoms. The number of carbonyl (C=O) groups excluding carboxylic acids is 12. The predicted molar refractivity (Wildman–Crippen MR) is 525 cm³/mol. The van der Waals surface area contributed by atoms with Crippen LogP contribution in [0.2, 0.25) is 0 Å². The molecule has 44 heteroatoms. The SMILES string of the molecule is CC.CC.CC.CC.CC.CC.CC.CC.CC.CC.CC.CC.CC(=O)NCN.CC(=O)NCN.CC(=O)NCNC(C)=O.CC(=O)NCNC(C)=O.CC(=O)O.CC(=O)O.CCOO.CCOO.CN.CN.CNC(C)=O.CNC(C)=O.CNC(C)=O.CNC(C)=O.CNC(C)=O.CNC(C)=O.CO.CO.CO.CO.COC.COC.COC.COC. The van der Waals surface area contributed by atoms with Crippen molar-refractivity contribution in [2.24, 2.45) is 22.9 Å². The summed E-state index contributed by atoms with van der Waals surface area (Å²) in [6.45, 7) is 72.5. The Kier molecular flexibility index (Phi) is 859. The van der Waals surface area contributed by atoms with Gasteiger partial charge in [0.25, 0.3) is 11.9 Å². The Morgan fingerprint density at radius 3 is 0.298 bits per heavy atom. The van der Waals surface area contributed by atoms with Gasteiger partial charge in [0.05, 0.1) is 39.9 Å². The average Bonchev–Trinajstić information content (AvgIpc) is 1.10. The number of rotatable bonds is 8. The first kappa shape index (κ1) is 240. The van der Waals surface area contributed by atoms with Crippen LogP contribution in [-0.2, 0) is 95.8 Å². The van der Waals surface area contributed by atoms with Crippen molar-refractivity contribution >= 4 is 82.8 Å².